The van der Waals surface area contributed by atoms with Crippen LogP contribution >= 0.6 is 0 Å². The molecule has 0 aliphatic carbocycles. The van der Waals surface area contributed by atoms with Crippen molar-refractivity contribution < 1.29 is 17.2 Å². The Morgan fingerprint density at radius 3 is 1.50 bits per heavy atom. The molecule has 0 bridgehead atoms. The predicted molar refractivity (Wildman–Crippen MR) is 100 cm³/mol. The third-order valence-corrected chi connectivity index (χ3v) is 3.19. The third-order valence-electron chi connectivity index (χ3n) is 2.73. The Kier molecular flexibility index (Phi) is 26.2. The Balaban J connectivity index is -0.000000531. The molecule has 0 fully saturated rings. The topological polar surface area (TPSA) is 90.6 Å². The zero-order valence-electron chi connectivity index (χ0n) is 16.3. The van der Waals surface area contributed by atoms with Crippen molar-refractivity contribution in [2.75, 3.05) is 27.7 Å². The van der Waals surface area contributed by atoms with E-state index >= 15 is 0 Å². The lowest BCUT2D eigenvalue weighted by Gasteiger charge is -2.02. The number of rotatable bonds is 12. The minimum atomic E-state index is -4.23. The summed E-state index contributed by atoms with van der Waals surface area (Å²) in [5.74, 6) is 0. The van der Waals surface area contributed by atoms with Crippen LogP contribution in [-0.2, 0) is 14.6 Å². The Hall–Kier alpha value is -0.680. The summed E-state index contributed by atoms with van der Waals surface area (Å²) in [4.78, 5) is 2.00. The van der Waals surface area contributed by atoms with Crippen molar-refractivity contribution in [3.05, 3.63) is 0 Å². The van der Waals surface area contributed by atoms with E-state index in [1.54, 1.807) is 6.07 Å². The molecule has 0 heterocycles. The second kappa shape index (κ2) is 22.3. The molecular formula is C17H38N2O4S. The van der Waals surface area contributed by atoms with Crippen LogP contribution in [0.15, 0.2) is 0 Å². The highest BCUT2D eigenvalue weighted by molar-refractivity contribution is 7.80. The van der Waals surface area contributed by atoms with Crippen molar-refractivity contribution in [1.29, 1.82) is 5.26 Å². The molecule has 0 atom stereocenters. The molecule has 0 saturated carbocycles. The summed E-state index contributed by atoms with van der Waals surface area (Å²) in [6, 6.07) is 1.75. The molecule has 24 heavy (non-hydrogen) atoms. The van der Waals surface area contributed by atoms with Crippen molar-refractivity contribution in [2.24, 2.45) is 0 Å². The zero-order chi connectivity index (χ0) is 19.3. The van der Waals surface area contributed by atoms with E-state index in [1.165, 1.54) is 51.9 Å². The lowest BCUT2D eigenvalue weighted by Crippen LogP contribution is -2.04. The van der Waals surface area contributed by atoms with E-state index in [0.29, 0.717) is 6.42 Å². The number of hydrogen-bond acceptors (Lipinski definition) is 5. The molecule has 0 aromatic rings. The number of hydrogen-bond donors (Lipinski definition) is 1. The highest BCUT2D eigenvalue weighted by atomic mass is 32.3. The van der Waals surface area contributed by atoms with Crippen LogP contribution < -0.4 is 0 Å². The second-order valence-electron chi connectivity index (χ2n) is 6.00. The van der Waals surface area contributed by atoms with Gasteiger partial charge in [-0.1, -0.05) is 64.7 Å². The normalized spacial score (nSPS) is 10.2. The maximum atomic E-state index is 10.2. The Labute approximate surface area is 150 Å². The Morgan fingerprint density at radius 2 is 1.21 bits per heavy atom. The van der Waals surface area contributed by atoms with Gasteiger partial charge in [0.1, 0.15) is 0 Å². The summed E-state index contributed by atoms with van der Waals surface area (Å²) in [5, 5.41) is 7.32. The van der Waals surface area contributed by atoms with E-state index < -0.39 is 10.4 Å². The number of nitriles is 1. The summed E-state index contributed by atoms with van der Waals surface area (Å²) >= 11 is 0. The monoisotopic (exact) mass is 366 g/mol. The first kappa shape index (κ1) is 28.1. The van der Waals surface area contributed by atoms with Crippen molar-refractivity contribution in [1.82, 2.24) is 4.90 Å². The lowest BCUT2D eigenvalue weighted by molar-refractivity contribution is 0.261. The van der Waals surface area contributed by atoms with Crippen LogP contribution in [0.5, 0.6) is 0 Å². The molecule has 0 rings (SSSR count). The summed E-state index contributed by atoms with van der Waals surface area (Å²) < 4.78 is 33.0. The van der Waals surface area contributed by atoms with Gasteiger partial charge in [-0.25, -0.2) is 4.18 Å². The molecule has 0 aliphatic heterocycles. The van der Waals surface area contributed by atoms with Gasteiger partial charge in [-0.05, 0) is 27.6 Å². The quantitative estimate of drug-likeness (QED) is 0.406. The molecule has 0 radical (unpaired) electrons. The fourth-order valence-electron chi connectivity index (χ4n) is 1.75. The van der Waals surface area contributed by atoms with Crippen LogP contribution in [0.25, 0.3) is 0 Å². The summed E-state index contributed by atoms with van der Waals surface area (Å²) in [6.45, 7) is 3.74. The highest BCUT2D eigenvalue weighted by Crippen LogP contribution is 2.10. The van der Waals surface area contributed by atoms with Crippen LogP contribution in [0.2, 0.25) is 0 Å². The van der Waals surface area contributed by atoms with Crippen LogP contribution in [0.1, 0.15) is 78.1 Å². The van der Waals surface area contributed by atoms with E-state index in [-0.39, 0.29) is 6.61 Å². The van der Waals surface area contributed by atoms with Gasteiger partial charge in [0.05, 0.1) is 12.7 Å². The lowest BCUT2D eigenvalue weighted by atomic mass is 10.1. The molecule has 146 valence electrons. The van der Waals surface area contributed by atoms with Gasteiger partial charge in [-0.2, -0.15) is 13.7 Å². The smallest absolute Gasteiger partial charge is 0.312 e. The summed E-state index contributed by atoms with van der Waals surface area (Å²) in [7, 11) is 1.77. The van der Waals surface area contributed by atoms with E-state index in [1.807, 2.05) is 26.0 Å². The Morgan fingerprint density at radius 1 is 0.917 bits per heavy atom. The van der Waals surface area contributed by atoms with Gasteiger partial charge in [0.25, 0.3) is 0 Å². The van der Waals surface area contributed by atoms with Crippen molar-refractivity contribution in [3.63, 3.8) is 0 Å². The van der Waals surface area contributed by atoms with Crippen LogP contribution in [0.3, 0.4) is 0 Å². The van der Waals surface area contributed by atoms with Crippen molar-refractivity contribution in [3.8, 4) is 6.07 Å². The fraction of sp³-hybridized carbons (Fsp3) is 0.941. The molecule has 0 spiro atoms. The van der Waals surface area contributed by atoms with Gasteiger partial charge in [-0.3, -0.25) is 4.55 Å². The fourth-order valence-corrected chi connectivity index (χ4v) is 2.08. The average molecular weight is 367 g/mol. The van der Waals surface area contributed by atoms with Crippen LogP contribution in [-0.4, -0.2) is 45.6 Å². The van der Waals surface area contributed by atoms with Crippen LogP contribution in [0, 0.1) is 11.3 Å². The van der Waals surface area contributed by atoms with E-state index in [9.17, 15) is 8.42 Å². The highest BCUT2D eigenvalue weighted by Gasteiger charge is 2.02. The van der Waals surface area contributed by atoms with Crippen molar-refractivity contribution in [2.45, 2.75) is 78.1 Å². The van der Waals surface area contributed by atoms with E-state index in [4.69, 9.17) is 9.81 Å². The summed E-state index contributed by atoms with van der Waals surface area (Å²) in [5.41, 5.74) is 0. The molecule has 0 aromatic heterocycles. The molecule has 7 heteroatoms. The van der Waals surface area contributed by atoms with Gasteiger partial charge in [0.2, 0.25) is 0 Å². The molecule has 0 unspecified atom stereocenters. The average Bonchev–Trinajstić information content (AvgIpc) is 2.44. The van der Waals surface area contributed by atoms with Gasteiger partial charge in [0, 0.05) is 6.92 Å². The minimum absolute atomic E-state index is 0.0926. The van der Waals surface area contributed by atoms with Crippen LogP contribution in [0.4, 0.5) is 0 Å². The van der Waals surface area contributed by atoms with Gasteiger partial charge in [0.15, 0.2) is 0 Å². The first-order chi connectivity index (χ1) is 11.2. The predicted octanol–water partition coefficient (Wildman–Crippen LogP) is 4.43. The maximum Gasteiger partial charge on any atom is 0.397 e. The third kappa shape index (κ3) is 49.6. The van der Waals surface area contributed by atoms with Gasteiger partial charge < -0.3 is 4.90 Å². The van der Waals surface area contributed by atoms with E-state index in [2.05, 4.69) is 11.1 Å². The molecule has 1 N–H and O–H groups in total. The molecule has 0 aliphatic rings. The minimum Gasteiger partial charge on any atom is -0.312 e. The second-order valence-corrected chi connectivity index (χ2v) is 7.09. The van der Waals surface area contributed by atoms with Gasteiger partial charge in [-0.15, -0.1) is 0 Å². The SMILES string of the molecule is CC#N.CCCCCCCCCCCCOS(=O)(=O)O.CN(C)C. The Bertz CT molecular complexity index is 363. The maximum absolute atomic E-state index is 10.2. The van der Waals surface area contributed by atoms with Gasteiger partial charge >= 0.3 is 10.4 Å². The zero-order valence-corrected chi connectivity index (χ0v) is 17.1. The molecular weight excluding hydrogens is 328 g/mol. The summed E-state index contributed by atoms with van der Waals surface area (Å²) in [6.07, 6.45) is 11.9. The first-order valence-corrected chi connectivity index (χ1v) is 10.1. The number of nitrogens with zero attached hydrogens (tertiary/aromatic N) is 2. The molecule has 0 saturated heterocycles. The largest absolute Gasteiger partial charge is 0.397 e. The standard InChI is InChI=1S/C12H26O4S.C3H9N.C2H3N/c1-2-3-4-5-6-7-8-9-10-11-12-16-17(13,14)15;1-4(2)3;1-2-3/h2-12H2,1H3,(H,13,14,15);1-3H3;1H3. The van der Waals surface area contributed by atoms with E-state index in [0.717, 1.165) is 12.8 Å². The number of unbranched alkanes of at least 4 members (excludes halogenated alkanes) is 9. The van der Waals surface area contributed by atoms with Crippen molar-refractivity contribution >= 4 is 10.4 Å². The first-order valence-electron chi connectivity index (χ1n) is 8.74. The molecule has 6 nitrogen and oxygen atoms in total. The molecule has 0 aromatic carbocycles. The molecule has 0 amide bonds.